The highest BCUT2D eigenvalue weighted by atomic mass is 32.2. The number of rotatable bonds is 5. The van der Waals surface area contributed by atoms with Crippen molar-refractivity contribution in [1.82, 2.24) is 0 Å². The number of aryl methyl sites for hydroxylation is 1. The number of anilines is 1. The number of amides is 2. The van der Waals surface area contributed by atoms with Crippen LogP contribution < -0.4 is 4.90 Å². The van der Waals surface area contributed by atoms with Crippen LogP contribution in [0.1, 0.15) is 16.7 Å². The molecule has 0 fully saturated rings. The first-order valence-electron chi connectivity index (χ1n) is 9.55. The number of non-ortho nitro benzene ring substituents is 1. The predicted molar refractivity (Wildman–Crippen MR) is 121 cm³/mol. The molecule has 0 atom stereocenters. The number of hydrogen-bond donors (Lipinski definition) is 0. The molecule has 0 radical (unpaired) electrons. The highest BCUT2D eigenvalue weighted by Gasteiger charge is 2.41. The van der Waals surface area contributed by atoms with Crippen LogP contribution in [0.15, 0.2) is 82.6 Å². The number of hydrogen-bond acceptors (Lipinski definition) is 5. The molecule has 0 N–H and O–H groups in total. The van der Waals surface area contributed by atoms with Gasteiger partial charge in [0, 0.05) is 17.0 Å². The van der Waals surface area contributed by atoms with E-state index in [2.05, 4.69) is 0 Å². The first-order valence-corrected chi connectivity index (χ1v) is 10.4. The monoisotopic (exact) mass is 430 g/mol. The second kappa shape index (κ2) is 8.20. The normalized spacial score (nSPS) is 13.8. The van der Waals surface area contributed by atoms with Crippen LogP contribution in [0.5, 0.6) is 0 Å². The maximum absolute atomic E-state index is 13.5. The number of nitro benzene ring substituents is 1. The summed E-state index contributed by atoms with van der Waals surface area (Å²) >= 11 is 1.22. The van der Waals surface area contributed by atoms with E-state index in [-0.39, 0.29) is 11.3 Å². The minimum absolute atomic E-state index is 0.0789. The second-order valence-corrected chi connectivity index (χ2v) is 8.17. The lowest BCUT2D eigenvalue weighted by atomic mass is 10.0. The summed E-state index contributed by atoms with van der Waals surface area (Å²) in [4.78, 5) is 39.8. The Labute approximate surface area is 183 Å². The molecule has 1 aliphatic heterocycles. The Morgan fingerprint density at radius 1 is 0.839 bits per heavy atom. The van der Waals surface area contributed by atoms with Gasteiger partial charge in [-0.05, 0) is 60.9 Å². The van der Waals surface area contributed by atoms with Crippen molar-refractivity contribution in [2.75, 3.05) is 4.90 Å². The Bertz CT molecular complexity index is 1230. The van der Waals surface area contributed by atoms with Crippen molar-refractivity contribution in [3.63, 3.8) is 0 Å². The lowest BCUT2D eigenvalue weighted by Gasteiger charge is -2.19. The number of benzene rings is 3. The molecule has 2 amide bonds. The summed E-state index contributed by atoms with van der Waals surface area (Å²) in [7, 11) is 0. The molecule has 7 heteroatoms. The third-order valence-electron chi connectivity index (χ3n) is 5.19. The molecule has 0 aliphatic carbocycles. The summed E-state index contributed by atoms with van der Waals surface area (Å²) in [6, 6.07) is 20.5. The van der Waals surface area contributed by atoms with Crippen molar-refractivity contribution in [3.8, 4) is 0 Å². The van der Waals surface area contributed by atoms with Crippen molar-refractivity contribution in [2.24, 2.45) is 0 Å². The van der Waals surface area contributed by atoms with E-state index in [4.69, 9.17) is 0 Å². The highest BCUT2D eigenvalue weighted by molar-refractivity contribution is 8.04. The average molecular weight is 430 g/mol. The van der Waals surface area contributed by atoms with Gasteiger partial charge in [0.05, 0.1) is 21.1 Å². The SMILES string of the molecule is Cc1cccc(N2C(=O)C(Sc3ccccc3)=C(c3ccc([N+](=O)[O-])cc3)C2=O)c1C. The first kappa shape index (κ1) is 20.6. The minimum Gasteiger partial charge on any atom is -0.268 e. The van der Waals surface area contributed by atoms with Crippen LogP contribution >= 0.6 is 11.8 Å². The van der Waals surface area contributed by atoms with E-state index in [9.17, 15) is 19.7 Å². The van der Waals surface area contributed by atoms with Gasteiger partial charge in [0.2, 0.25) is 0 Å². The molecule has 0 saturated heterocycles. The van der Waals surface area contributed by atoms with Gasteiger partial charge in [-0.25, -0.2) is 4.90 Å². The zero-order valence-corrected chi connectivity index (χ0v) is 17.7. The summed E-state index contributed by atoms with van der Waals surface area (Å²) in [5.74, 6) is -0.841. The first-order chi connectivity index (χ1) is 14.9. The van der Waals surface area contributed by atoms with Crippen LogP contribution in [0.4, 0.5) is 11.4 Å². The van der Waals surface area contributed by atoms with Crippen LogP contribution in [0.2, 0.25) is 0 Å². The van der Waals surface area contributed by atoms with E-state index < -0.39 is 16.7 Å². The van der Waals surface area contributed by atoms with E-state index in [0.29, 0.717) is 16.2 Å². The van der Waals surface area contributed by atoms with Crippen LogP contribution in [0, 0.1) is 24.0 Å². The summed E-state index contributed by atoms with van der Waals surface area (Å²) in [6.45, 7) is 3.80. The van der Waals surface area contributed by atoms with Gasteiger partial charge < -0.3 is 0 Å². The van der Waals surface area contributed by atoms with E-state index in [0.717, 1.165) is 16.0 Å². The van der Waals surface area contributed by atoms with Gasteiger partial charge in [0.25, 0.3) is 17.5 Å². The van der Waals surface area contributed by atoms with Gasteiger partial charge >= 0.3 is 0 Å². The van der Waals surface area contributed by atoms with Crippen LogP contribution in [-0.2, 0) is 9.59 Å². The fraction of sp³-hybridized carbons (Fsp3) is 0.0833. The average Bonchev–Trinajstić information content (AvgIpc) is 3.00. The number of nitrogens with zero attached hydrogens (tertiary/aromatic N) is 2. The van der Waals surface area contributed by atoms with Crippen molar-refractivity contribution < 1.29 is 14.5 Å². The van der Waals surface area contributed by atoms with Gasteiger partial charge in [-0.2, -0.15) is 0 Å². The van der Waals surface area contributed by atoms with Crippen LogP contribution in [0.3, 0.4) is 0 Å². The summed E-state index contributed by atoms with van der Waals surface area (Å²) in [6.07, 6.45) is 0. The molecular formula is C24H18N2O4S. The van der Waals surface area contributed by atoms with Crippen molar-refractivity contribution in [1.29, 1.82) is 0 Å². The smallest absolute Gasteiger partial charge is 0.268 e. The second-order valence-electron chi connectivity index (χ2n) is 7.09. The van der Waals surface area contributed by atoms with Crippen molar-refractivity contribution >= 4 is 40.5 Å². The molecule has 0 saturated carbocycles. The Balaban J connectivity index is 1.85. The maximum Gasteiger partial charge on any atom is 0.272 e. The summed E-state index contributed by atoms with van der Waals surface area (Å²) in [5, 5.41) is 11.0. The number of imide groups is 1. The third kappa shape index (κ3) is 3.75. The van der Waals surface area contributed by atoms with Crippen LogP contribution in [-0.4, -0.2) is 16.7 Å². The van der Waals surface area contributed by atoms with Crippen molar-refractivity contribution in [2.45, 2.75) is 18.7 Å². The maximum atomic E-state index is 13.5. The van der Waals surface area contributed by atoms with Gasteiger partial charge in [0.15, 0.2) is 0 Å². The molecule has 0 unspecified atom stereocenters. The fourth-order valence-electron chi connectivity index (χ4n) is 3.41. The van der Waals surface area contributed by atoms with E-state index in [1.54, 1.807) is 6.07 Å². The number of thioether (sulfide) groups is 1. The standard InChI is InChI=1S/C24H18N2O4S/c1-15-7-6-10-20(16(15)2)25-23(27)21(17-11-13-18(14-12-17)26(29)30)22(24(25)28)31-19-8-4-3-5-9-19/h3-14H,1-2H3. The van der Waals surface area contributed by atoms with Crippen molar-refractivity contribution in [3.05, 3.63) is 105 Å². The minimum atomic E-state index is -0.498. The molecule has 1 aliphatic rings. The highest BCUT2D eigenvalue weighted by Crippen LogP contribution is 2.42. The number of nitro groups is 1. The van der Waals surface area contributed by atoms with E-state index in [1.165, 1.54) is 40.9 Å². The lowest BCUT2D eigenvalue weighted by Crippen LogP contribution is -2.32. The molecule has 154 valence electrons. The summed E-state index contributed by atoms with van der Waals surface area (Å²) < 4.78 is 0. The molecule has 0 bridgehead atoms. The van der Waals surface area contributed by atoms with Gasteiger partial charge in [-0.3, -0.25) is 19.7 Å². The Morgan fingerprint density at radius 3 is 2.16 bits per heavy atom. The number of carbonyl (C=O) groups is 2. The quantitative estimate of drug-likeness (QED) is 0.312. The Kier molecular flexibility index (Phi) is 5.44. The fourth-order valence-corrected chi connectivity index (χ4v) is 4.43. The molecule has 31 heavy (non-hydrogen) atoms. The molecule has 1 heterocycles. The molecule has 4 rings (SSSR count). The predicted octanol–water partition coefficient (Wildman–Crippen LogP) is 5.29. The van der Waals surface area contributed by atoms with Crippen LogP contribution in [0.25, 0.3) is 5.57 Å². The van der Waals surface area contributed by atoms with E-state index >= 15 is 0 Å². The lowest BCUT2D eigenvalue weighted by molar-refractivity contribution is -0.384. The third-order valence-corrected chi connectivity index (χ3v) is 6.28. The molecule has 3 aromatic carbocycles. The number of carbonyl (C=O) groups excluding carboxylic acids is 2. The van der Waals surface area contributed by atoms with Gasteiger partial charge in [0.1, 0.15) is 0 Å². The molecule has 3 aromatic rings. The molecule has 0 aromatic heterocycles. The Morgan fingerprint density at radius 2 is 1.52 bits per heavy atom. The van der Waals surface area contributed by atoms with Gasteiger partial charge in [-0.1, -0.05) is 42.1 Å². The zero-order valence-electron chi connectivity index (χ0n) is 16.9. The zero-order chi connectivity index (χ0) is 22.1. The van der Waals surface area contributed by atoms with Gasteiger partial charge in [-0.15, -0.1) is 0 Å². The molecular weight excluding hydrogens is 412 g/mol. The molecule has 6 nitrogen and oxygen atoms in total. The largest absolute Gasteiger partial charge is 0.272 e. The topological polar surface area (TPSA) is 80.5 Å². The summed E-state index contributed by atoms with van der Waals surface area (Å²) in [5.41, 5.74) is 2.99. The van der Waals surface area contributed by atoms with E-state index in [1.807, 2.05) is 56.3 Å². The molecule has 0 spiro atoms. The Hall–Kier alpha value is -3.71.